The lowest BCUT2D eigenvalue weighted by atomic mass is 9.92. The number of amides is 3. The fourth-order valence-electron chi connectivity index (χ4n) is 4.89. The van der Waals surface area contributed by atoms with Crippen LogP contribution in [0.1, 0.15) is 86.2 Å². The fraction of sp³-hybridized carbons (Fsp3) is 0.652. The normalized spacial score (nSPS) is 22.9. The highest BCUT2D eigenvalue weighted by molar-refractivity contribution is 5.94. The number of likely N-dealkylation sites (tertiary alicyclic amines) is 1. The van der Waals surface area contributed by atoms with Crippen LogP contribution in [-0.2, 0) is 9.59 Å². The number of hydrogen-bond acceptors (Lipinski definition) is 4. The number of nitrogens with one attached hydrogen (secondary N) is 2. The van der Waals surface area contributed by atoms with Crippen LogP contribution in [0, 0.1) is 0 Å². The van der Waals surface area contributed by atoms with Crippen LogP contribution in [0.3, 0.4) is 0 Å². The van der Waals surface area contributed by atoms with Gasteiger partial charge in [0.25, 0.3) is 5.91 Å². The van der Waals surface area contributed by atoms with Crippen molar-refractivity contribution in [1.29, 1.82) is 0 Å². The Bertz CT molecular complexity index is 765. The van der Waals surface area contributed by atoms with E-state index >= 15 is 0 Å². The maximum Gasteiger partial charge on any atom is 0.253 e. The Morgan fingerprint density at radius 2 is 1.87 bits per heavy atom. The van der Waals surface area contributed by atoms with Crippen LogP contribution >= 0.6 is 0 Å². The van der Waals surface area contributed by atoms with E-state index in [1.807, 2.05) is 17.0 Å². The second-order valence-electron chi connectivity index (χ2n) is 8.92. The van der Waals surface area contributed by atoms with E-state index < -0.39 is 0 Å². The first-order valence-electron chi connectivity index (χ1n) is 11.4. The van der Waals surface area contributed by atoms with E-state index in [1.54, 1.807) is 6.20 Å². The first kappa shape index (κ1) is 20.8. The molecule has 7 nitrogen and oxygen atoms in total. The summed E-state index contributed by atoms with van der Waals surface area (Å²) in [5, 5.41) is 6.03. The SMILES string of the molecule is O=C1CC[C@H](CCC(=O)N2CCC(c3ccc(C(=O)NC4CCCC4)cn3)CC2)N1. The first-order chi connectivity index (χ1) is 14.6. The first-order valence-corrected chi connectivity index (χ1v) is 11.4. The summed E-state index contributed by atoms with van der Waals surface area (Å²) in [6.45, 7) is 1.48. The number of carbonyl (C=O) groups is 3. The molecule has 2 saturated heterocycles. The standard InChI is InChI=1S/C23H32N4O3/c28-21-9-6-19(25-21)7-10-22(29)27-13-11-16(12-14-27)20-8-5-17(15-24-20)23(30)26-18-3-1-2-4-18/h5,8,15-16,18-19H,1-4,6-7,9-14H2,(H,25,28)(H,26,30)/t19-/m1/s1. The third-order valence-corrected chi connectivity index (χ3v) is 6.80. The van der Waals surface area contributed by atoms with Crippen LogP contribution in [0.15, 0.2) is 18.3 Å². The second kappa shape index (κ2) is 9.58. The summed E-state index contributed by atoms with van der Waals surface area (Å²) in [6, 6.07) is 4.31. The van der Waals surface area contributed by atoms with E-state index in [4.69, 9.17) is 0 Å². The van der Waals surface area contributed by atoms with E-state index in [2.05, 4.69) is 15.6 Å². The topological polar surface area (TPSA) is 91.4 Å². The van der Waals surface area contributed by atoms with E-state index in [9.17, 15) is 14.4 Å². The van der Waals surface area contributed by atoms with Gasteiger partial charge in [-0.3, -0.25) is 19.4 Å². The van der Waals surface area contributed by atoms with Gasteiger partial charge in [0.2, 0.25) is 11.8 Å². The van der Waals surface area contributed by atoms with Gasteiger partial charge in [0, 0.05) is 55.8 Å². The largest absolute Gasteiger partial charge is 0.353 e. The Hall–Kier alpha value is -2.44. The smallest absolute Gasteiger partial charge is 0.253 e. The summed E-state index contributed by atoms with van der Waals surface area (Å²) in [4.78, 5) is 42.6. The van der Waals surface area contributed by atoms with Crippen molar-refractivity contribution < 1.29 is 14.4 Å². The van der Waals surface area contributed by atoms with Crippen molar-refractivity contribution in [2.75, 3.05) is 13.1 Å². The third kappa shape index (κ3) is 5.18. The molecule has 1 atom stereocenters. The average molecular weight is 413 g/mol. The van der Waals surface area contributed by atoms with E-state index in [-0.39, 0.29) is 23.8 Å². The van der Waals surface area contributed by atoms with Gasteiger partial charge in [-0.1, -0.05) is 12.8 Å². The van der Waals surface area contributed by atoms with Crippen LogP contribution in [0.25, 0.3) is 0 Å². The van der Waals surface area contributed by atoms with Crippen molar-refractivity contribution in [3.05, 3.63) is 29.6 Å². The molecule has 3 aliphatic rings. The van der Waals surface area contributed by atoms with Crippen molar-refractivity contribution in [2.45, 2.75) is 82.2 Å². The highest BCUT2D eigenvalue weighted by Gasteiger charge is 2.27. The molecule has 3 heterocycles. The summed E-state index contributed by atoms with van der Waals surface area (Å²) in [5.41, 5.74) is 1.63. The van der Waals surface area contributed by atoms with Crippen molar-refractivity contribution in [1.82, 2.24) is 20.5 Å². The predicted octanol–water partition coefficient (Wildman–Crippen LogP) is 2.52. The monoisotopic (exact) mass is 412 g/mol. The zero-order valence-corrected chi connectivity index (χ0v) is 17.6. The van der Waals surface area contributed by atoms with Crippen LogP contribution < -0.4 is 10.6 Å². The lowest BCUT2D eigenvalue weighted by Gasteiger charge is -2.32. The Balaban J connectivity index is 1.22. The Labute approximate surface area is 178 Å². The van der Waals surface area contributed by atoms with Crippen molar-refractivity contribution in [3.63, 3.8) is 0 Å². The highest BCUT2D eigenvalue weighted by atomic mass is 16.2. The van der Waals surface area contributed by atoms with Gasteiger partial charge >= 0.3 is 0 Å². The molecule has 0 unspecified atom stereocenters. The molecule has 1 aromatic rings. The molecule has 0 aromatic carbocycles. The summed E-state index contributed by atoms with van der Waals surface area (Å²) in [7, 11) is 0. The predicted molar refractivity (Wildman–Crippen MR) is 113 cm³/mol. The van der Waals surface area contributed by atoms with Gasteiger partial charge in [-0.05, 0) is 50.7 Å². The molecular weight excluding hydrogens is 380 g/mol. The minimum atomic E-state index is -0.0279. The second-order valence-corrected chi connectivity index (χ2v) is 8.92. The average Bonchev–Trinajstić information content (AvgIpc) is 3.44. The molecule has 2 aliphatic heterocycles. The molecule has 0 spiro atoms. The molecule has 3 fully saturated rings. The number of piperidine rings is 1. The van der Waals surface area contributed by atoms with Crippen LogP contribution in [0.2, 0.25) is 0 Å². The lowest BCUT2D eigenvalue weighted by molar-refractivity contribution is -0.132. The van der Waals surface area contributed by atoms with Gasteiger partial charge in [0.15, 0.2) is 0 Å². The number of pyridine rings is 1. The Morgan fingerprint density at radius 1 is 1.10 bits per heavy atom. The molecule has 162 valence electrons. The number of hydrogen-bond donors (Lipinski definition) is 2. The zero-order chi connectivity index (χ0) is 20.9. The Morgan fingerprint density at radius 3 is 2.50 bits per heavy atom. The number of carbonyl (C=O) groups excluding carboxylic acids is 3. The molecule has 30 heavy (non-hydrogen) atoms. The van der Waals surface area contributed by atoms with Crippen LogP contribution in [0.5, 0.6) is 0 Å². The van der Waals surface area contributed by atoms with E-state index in [0.29, 0.717) is 30.4 Å². The molecule has 7 heteroatoms. The molecule has 2 N–H and O–H groups in total. The number of rotatable bonds is 6. The van der Waals surface area contributed by atoms with E-state index in [0.717, 1.165) is 57.3 Å². The van der Waals surface area contributed by atoms with Crippen LogP contribution in [-0.4, -0.2) is 52.8 Å². The summed E-state index contributed by atoms with van der Waals surface area (Å²) >= 11 is 0. The van der Waals surface area contributed by atoms with Crippen LogP contribution in [0.4, 0.5) is 0 Å². The number of nitrogens with zero attached hydrogens (tertiary/aromatic N) is 2. The molecule has 0 bridgehead atoms. The van der Waals surface area contributed by atoms with Gasteiger partial charge in [-0.15, -0.1) is 0 Å². The van der Waals surface area contributed by atoms with Gasteiger partial charge in [0.1, 0.15) is 0 Å². The maximum absolute atomic E-state index is 12.5. The molecule has 4 rings (SSSR count). The zero-order valence-electron chi connectivity index (χ0n) is 17.6. The molecule has 1 saturated carbocycles. The quantitative estimate of drug-likeness (QED) is 0.751. The van der Waals surface area contributed by atoms with Gasteiger partial charge in [0.05, 0.1) is 5.56 Å². The minimum absolute atomic E-state index is 0.0279. The molecular formula is C23H32N4O3. The highest BCUT2D eigenvalue weighted by Crippen LogP contribution is 2.27. The molecule has 1 aromatic heterocycles. The van der Waals surface area contributed by atoms with Gasteiger partial charge in [-0.25, -0.2) is 0 Å². The van der Waals surface area contributed by atoms with Crippen molar-refractivity contribution in [3.8, 4) is 0 Å². The Kier molecular flexibility index (Phi) is 6.65. The van der Waals surface area contributed by atoms with Crippen molar-refractivity contribution in [2.24, 2.45) is 0 Å². The molecule has 1 aliphatic carbocycles. The summed E-state index contributed by atoms with van der Waals surface area (Å²) in [5.74, 6) is 0.583. The maximum atomic E-state index is 12.5. The van der Waals surface area contributed by atoms with Crippen molar-refractivity contribution >= 4 is 17.7 Å². The number of aromatic nitrogens is 1. The third-order valence-electron chi connectivity index (χ3n) is 6.80. The van der Waals surface area contributed by atoms with Gasteiger partial charge < -0.3 is 15.5 Å². The summed E-state index contributed by atoms with van der Waals surface area (Å²) in [6.07, 6.45) is 10.7. The lowest BCUT2D eigenvalue weighted by Crippen LogP contribution is -2.38. The molecule has 3 amide bonds. The fourth-order valence-corrected chi connectivity index (χ4v) is 4.89. The summed E-state index contributed by atoms with van der Waals surface area (Å²) < 4.78 is 0. The minimum Gasteiger partial charge on any atom is -0.353 e. The van der Waals surface area contributed by atoms with E-state index in [1.165, 1.54) is 12.8 Å². The molecule has 0 radical (unpaired) electrons. The van der Waals surface area contributed by atoms with Gasteiger partial charge in [-0.2, -0.15) is 0 Å².